The summed E-state index contributed by atoms with van der Waals surface area (Å²) in [5.41, 5.74) is 1.30. The van der Waals surface area contributed by atoms with Crippen molar-refractivity contribution in [3.05, 3.63) is 20.8 Å². The summed E-state index contributed by atoms with van der Waals surface area (Å²) in [6.07, 6.45) is 7.48. The van der Waals surface area contributed by atoms with Gasteiger partial charge in [-0.05, 0) is 56.4 Å². The van der Waals surface area contributed by atoms with E-state index in [0.29, 0.717) is 24.2 Å². The lowest BCUT2D eigenvalue weighted by Gasteiger charge is -2.15. The average Bonchev–Trinajstić information content (AvgIpc) is 3.37. The number of thioether (sulfide) groups is 1. The van der Waals surface area contributed by atoms with Gasteiger partial charge in [-0.15, -0.1) is 11.3 Å². The van der Waals surface area contributed by atoms with Crippen LogP contribution in [0.25, 0.3) is 10.2 Å². The molecule has 1 saturated heterocycles. The molecule has 1 N–H and O–H groups in total. The molecule has 2 aromatic rings. The van der Waals surface area contributed by atoms with Gasteiger partial charge in [0.25, 0.3) is 5.56 Å². The largest absolute Gasteiger partial charge is 0.376 e. The van der Waals surface area contributed by atoms with Gasteiger partial charge in [0.15, 0.2) is 5.16 Å². The highest BCUT2D eigenvalue weighted by molar-refractivity contribution is 7.99. The van der Waals surface area contributed by atoms with Crippen LogP contribution < -0.4 is 10.9 Å². The van der Waals surface area contributed by atoms with Crippen LogP contribution in [0.4, 0.5) is 0 Å². The van der Waals surface area contributed by atoms with Crippen LogP contribution in [0.5, 0.6) is 0 Å². The molecule has 1 amide bonds. The first kappa shape index (κ1) is 21.8. The van der Waals surface area contributed by atoms with Crippen LogP contribution in [0.15, 0.2) is 9.95 Å². The Kier molecular flexibility index (Phi) is 7.16. The molecule has 1 atom stereocenters. The van der Waals surface area contributed by atoms with Gasteiger partial charge in [0.1, 0.15) is 4.83 Å². The van der Waals surface area contributed by atoms with Crippen LogP contribution in [0.2, 0.25) is 0 Å². The van der Waals surface area contributed by atoms with Gasteiger partial charge in [0.05, 0.1) is 17.2 Å². The second-order valence-electron chi connectivity index (χ2n) is 8.65. The molecule has 30 heavy (non-hydrogen) atoms. The molecule has 0 bridgehead atoms. The van der Waals surface area contributed by atoms with Crippen LogP contribution in [0.1, 0.15) is 56.4 Å². The molecular weight excluding hydrogens is 418 g/mol. The highest BCUT2D eigenvalue weighted by Gasteiger charge is 2.23. The summed E-state index contributed by atoms with van der Waals surface area (Å²) >= 11 is 3.04. The minimum Gasteiger partial charge on any atom is -0.376 e. The zero-order valence-electron chi connectivity index (χ0n) is 17.9. The highest BCUT2D eigenvalue weighted by atomic mass is 32.2. The molecule has 2 aliphatic rings. The zero-order valence-corrected chi connectivity index (χ0v) is 19.5. The number of nitrogens with zero attached hydrogens (tertiary/aromatic N) is 2. The summed E-state index contributed by atoms with van der Waals surface area (Å²) < 4.78 is 7.37. The van der Waals surface area contributed by atoms with Gasteiger partial charge < -0.3 is 10.1 Å². The van der Waals surface area contributed by atoms with E-state index in [4.69, 9.17) is 9.72 Å². The first-order valence-corrected chi connectivity index (χ1v) is 12.9. The van der Waals surface area contributed by atoms with E-state index in [0.717, 1.165) is 55.3 Å². The summed E-state index contributed by atoms with van der Waals surface area (Å²) in [6, 6.07) is 0. The standard InChI is InChI=1S/C22H31N3O3S2/c1-14(2)9-10-25-21(27)19-16-7-3-4-8-17(16)30-20(19)24-22(25)29-13-18(26)23-12-15-6-5-11-28-15/h14-15H,3-13H2,1-2H3,(H,23,26). The molecule has 4 rings (SSSR count). The Balaban J connectivity index is 1.54. The number of hydrogen-bond donors (Lipinski definition) is 1. The number of amides is 1. The molecule has 0 aromatic carbocycles. The lowest BCUT2D eigenvalue weighted by Crippen LogP contribution is -2.33. The maximum absolute atomic E-state index is 13.4. The van der Waals surface area contributed by atoms with E-state index in [9.17, 15) is 9.59 Å². The van der Waals surface area contributed by atoms with Crippen molar-refractivity contribution in [2.24, 2.45) is 5.92 Å². The number of thiophene rings is 1. The Bertz CT molecular complexity index is 961. The normalized spacial score (nSPS) is 18.8. The Morgan fingerprint density at radius 1 is 1.33 bits per heavy atom. The Hall–Kier alpha value is -1.38. The van der Waals surface area contributed by atoms with Gasteiger partial charge in [-0.2, -0.15) is 0 Å². The Morgan fingerprint density at radius 2 is 2.17 bits per heavy atom. The van der Waals surface area contributed by atoms with E-state index in [1.165, 1.54) is 28.6 Å². The SMILES string of the molecule is CC(C)CCn1c(SCC(=O)NCC2CCCO2)nc2sc3c(c2c1=O)CCCC3. The van der Waals surface area contributed by atoms with E-state index >= 15 is 0 Å². The molecule has 1 aliphatic carbocycles. The first-order chi connectivity index (χ1) is 14.5. The maximum atomic E-state index is 13.4. The van der Waals surface area contributed by atoms with Crippen LogP contribution in [-0.2, 0) is 28.9 Å². The number of aryl methyl sites for hydroxylation is 2. The predicted octanol–water partition coefficient (Wildman–Crippen LogP) is 3.77. The van der Waals surface area contributed by atoms with Crippen molar-refractivity contribution in [1.29, 1.82) is 0 Å². The van der Waals surface area contributed by atoms with Crippen molar-refractivity contribution in [1.82, 2.24) is 14.9 Å². The monoisotopic (exact) mass is 449 g/mol. The fraction of sp³-hybridized carbons (Fsp3) is 0.682. The molecule has 1 aliphatic heterocycles. The molecule has 3 heterocycles. The minimum absolute atomic E-state index is 0.0364. The quantitative estimate of drug-likeness (QED) is 0.491. The number of ether oxygens (including phenoxy) is 1. The van der Waals surface area contributed by atoms with E-state index in [2.05, 4.69) is 19.2 Å². The van der Waals surface area contributed by atoms with E-state index in [1.54, 1.807) is 11.3 Å². The molecule has 0 saturated carbocycles. The first-order valence-electron chi connectivity index (χ1n) is 11.1. The van der Waals surface area contributed by atoms with Gasteiger partial charge in [-0.3, -0.25) is 14.2 Å². The number of carbonyl (C=O) groups is 1. The fourth-order valence-electron chi connectivity index (χ4n) is 4.13. The average molecular weight is 450 g/mol. The maximum Gasteiger partial charge on any atom is 0.263 e. The van der Waals surface area contributed by atoms with Crippen LogP contribution in [0.3, 0.4) is 0 Å². The number of nitrogens with one attached hydrogen (secondary N) is 1. The molecular formula is C22H31N3O3S2. The lowest BCUT2D eigenvalue weighted by molar-refractivity contribution is -0.119. The van der Waals surface area contributed by atoms with Gasteiger partial charge in [-0.1, -0.05) is 25.6 Å². The summed E-state index contributed by atoms with van der Waals surface area (Å²) in [7, 11) is 0. The van der Waals surface area contributed by atoms with Crippen LogP contribution in [0, 0.1) is 5.92 Å². The van der Waals surface area contributed by atoms with Crippen LogP contribution in [-0.4, -0.2) is 40.5 Å². The molecule has 8 heteroatoms. The van der Waals surface area contributed by atoms with Crippen molar-refractivity contribution in [3.8, 4) is 0 Å². The van der Waals surface area contributed by atoms with Gasteiger partial charge in [-0.25, -0.2) is 4.98 Å². The van der Waals surface area contributed by atoms with Crippen molar-refractivity contribution in [2.45, 2.75) is 76.6 Å². The third kappa shape index (κ3) is 4.92. The Labute approximate surface area is 185 Å². The molecule has 1 fully saturated rings. The second-order valence-corrected chi connectivity index (χ2v) is 10.7. The van der Waals surface area contributed by atoms with E-state index in [-0.39, 0.29) is 23.3 Å². The molecule has 0 spiro atoms. The van der Waals surface area contributed by atoms with Crippen molar-refractivity contribution < 1.29 is 9.53 Å². The predicted molar refractivity (Wildman–Crippen MR) is 123 cm³/mol. The topological polar surface area (TPSA) is 73.2 Å². The number of hydrogen-bond acceptors (Lipinski definition) is 6. The molecule has 0 radical (unpaired) electrons. The smallest absolute Gasteiger partial charge is 0.263 e. The number of carbonyl (C=O) groups excluding carboxylic acids is 1. The van der Waals surface area contributed by atoms with Gasteiger partial charge in [0, 0.05) is 24.6 Å². The fourth-order valence-corrected chi connectivity index (χ4v) is 6.29. The second kappa shape index (κ2) is 9.83. The highest BCUT2D eigenvalue weighted by Crippen LogP contribution is 2.34. The minimum atomic E-state index is -0.0364. The van der Waals surface area contributed by atoms with Gasteiger partial charge >= 0.3 is 0 Å². The molecule has 6 nitrogen and oxygen atoms in total. The summed E-state index contributed by atoms with van der Waals surface area (Å²) in [6.45, 7) is 6.31. The van der Waals surface area contributed by atoms with Gasteiger partial charge in [0.2, 0.25) is 5.91 Å². The van der Waals surface area contributed by atoms with Crippen molar-refractivity contribution in [2.75, 3.05) is 18.9 Å². The Morgan fingerprint density at radius 3 is 2.93 bits per heavy atom. The lowest BCUT2D eigenvalue weighted by atomic mass is 9.97. The molecule has 1 unspecified atom stereocenters. The molecule has 164 valence electrons. The van der Waals surface area contributed by atoms with E-state index in [1.807, 2.05) is 4.57 Å². The summed E-state index contributed by atoms with van der Waals surface area (Å²) in [5, 5.41) is 4.45. The van der Waals surface area contributed by atoms with Crippen molar-refractivity contribution in [3.63, 3.8) is 0 Å². The third-order valence-electron chi connectivity index (χ3n) is 5.85. The summed E-state index contributed by atoms with van der Waals surface area (Å²) in [4.78, 5) is 32.8. The molecule has 2 aromatic heterocycles. The number of fused-ring (bicyclic) bond motifs is 3. The third-order valence-corrected chi connectivity index (χ3v) is 8.02. The van der Waals surface area contributed by atoms with Crippen LogP contribution >= 0.6 is 23.1 Å². The summed E-state index contributed by atoms with van der Waals surface area (Å²) in [5.74, 6) is 0.722. The zero-order chi connectivity index (χ0) is 21.1. The number of aromatic nitrogens is 2. The van der Waals surface area contributed by atoms with Crippen molar-refractivity contribution >= 4 is 39.2 Å². The number of rotatable bonds is 8. The van der Waals surface area contributed by atoms with E-state index < -0.39 is 0 Å².